The van der Waals surface area contributed by atoms with Gasteiger partial charge in [0.15, 0.2) is 11.5 Å². The molecule has 0 aromatic heterocycles. The number of carboxylic acid groups (broad SMARTS) is 1. The van der Waals surface area contributed by atoms with E-state index in [0.717, 1.165) is 12.8 Å². The molecule has 0 fully saturated rings. The molecule has 0 saturated carbocycles. The SMILES string of the molecule is CCCC(=O)O[C@](Cc1ccc(OC(=O)C(C)CCC)c(OC(=O)C(C)CCC)c1)(NC(C)CC)C(=O)O. The lowest BCUT2D eigenvalue weighted by Gasteiger charge is -2.33. The first kappa shape index (κ1) is 33.1. The molecule has 1 rings (SSSR count). The van der Waals surface area contributed by atoms with Crippen molar-refractivity contribution < 1.29 is 38.5 Å². The molecule has 0 aliphatic heterocycles. The number of carbonyl (C=O) groups excluding carboxylic acids is 3. The molecule has 0 spiro atoms. The van der Waals surface area contributed by atoms with Gasteiger partial charge >= 0.3 is 23.9 Å². The summed E-state index contributed by atoms with van der Waals surface area (Å²) in [5.41, 5.74) is -1.62. The topological polar surface area (TPSA) is 128 Å². The van der Waals surface area contributed by atoms with E-state index in [4.69, 9.17) is 14.2 Å². The van der Waals surface area contributed by atoms with Crippen LogP contribution in [-0.2, 0) is 30.3 Å². The van der Waals surface area contributed by atoms with Crippen LogP contribution in [0.25, 0.3) is 0 Å². The predicted molar refractivity (Wildman–Crippen MR) is 144 cm³/mol. The molecular weight excluding hydrogens is 490 g/mol. The van der Waals surface area contributed by atoms with E-state index in [0.29, 0.717) is 31.2 Å². The maximum absolute atomic E-state index is 12.7. The van der Waals surface area contributed by atoms with Gasteiger partial charge in [-0.2, -0.15) is 0 Å². The van der Waals surface area contributed by atoms with E-state index in [1.54, 1.807) is 33.8 Å². The monoisotopic (exact) mass is 535 g/mol. The minimum atomic E-state index is -2.04. The van der Waals surface area contributed by atoms with Crippen LogP contribution in [-0.4, -0.2) is 40.8 Å². The molecule has 4 atom stereocenters. The summed E-state index contributed by atoms with van der Waals surface area (Å²) in [7, 11) is 0. The normalized spacial score (nSPS) is 15.0. The third-order valence-electron chi connectivity index (χ3n) is 6.31. The van der Waals surface area contributed by atoms with Crippen molar-refractivity contribution in [3.8, 4) is 11.5 Å². The summed E-state index contributed by atoms with van der Waals surface area (Å²) in [6.45, 7) is 12.9. The molecule has 3 unspecified atom stereocenters. The van der Waals surface area contributed by atoms with E-state index >= 15 is 0 Å². The van der Waals surface area contributed by atoms with Crippen LogP contribution in [0.2, 0.25) is 0 Å². The Morgan fingerprint density at radius 1 is 0.868 bits per heavy atom. The second-order valence-electron chi connectivity index (χ2n) is 9.99. The van der Waals surface area contributed by atoms with Gasteiger partial charge in [-0.25, -0.2) is 4.79 Å². The maximum Gasteiger partial charge on any atom is 0.364 e. The Morgan fingerprint density at radius 2 is 1.42 bits per heavy atom. The average molecular weight is 536 g/mol. The molecular formula is C29H45NO8. The highest BCUT2D eigenvalue weighted by atomic mass is 16.6. The lowest BCUT2D eigenvalue weighted by molar-refractivity contribution is -0.184. The van der Waals surface area contributed by atoms with Gasteiger partial charge in [0.25, 0.3) is 5.72 Å². The standard InChI is InChI=1S/C29H45NO8/c1-8-12-19(5)26(32)36-23-16-15-22(17-24(23)37-27(33)20(6)13-9-2)18-29(28(34)35,30-21(7)11-4)38-25(31)14-10-3/h15-17,19-21,30H,8-14,18H2,1-7H3,(H,34,35)/t19?,20?,21?,29-/m0/s1. The van der Waals surface area contributed by atoms with Crippen molar-refractivity contribution in [2.24, 2.45) is 11.8 Å². The van der Waals surface area contributed by atoms with Crippen LogP contribution >= 0.6 is 0 Å². The van der Waals surface area contributed by atoms with Crippen molar-refractivity contribution in [2.75, 3.05) is 0 Å². The molecule has 38 heavy (non-hydrogen) atoms. The molecule has 0 radical (unpaired) electrons. The first-order valence-corrected chi connectivity index (χ1v) is 13.7. The van der Waals surface area contributed by atoms with Crippen LogP contribution < -0.4 is 14.8 Å². The molecule has 0 aliphatic rings. The highest BCUT2D eigenvalue weighted by Crippen LogP contribution is 2.32. The summed E-state index contributed by atoms with van der Waals surface area (Å²) < 4.78 is 16.7. The second kappa shape index (κ2) is 16.1. The molecule has 0 saturated heterocycles. The lowest BCUT2D eigenvalue weighted by Crippen LogP contribution is -2.59. The minimum Gasteiger partial charge on any atom is -0.477 e. The summed E-state index contributed by atoms with van der Waals surface area (Å²) in [6.07, 6.45) is 3.80. The summed E-state index contributed by atoms with van der Waals surface area (Å²) in [6, 6.07) is 4.24. The maximum atomic E-state index is 12.7. The number of rotatable bonds is 17. The molecule has 0 heterocycles. The van der Waals surface area contributed by atoms with Gasteiger partial charge in [-0.1, -0.05) is 60.5 Å². The number of nitrogens with one attached hydrogen (secondary N) is 1. The van der Waals surface area contributed by atoms with Gasteiger partial charge in [0.2, 0.25) is 0 Å². The first-order chi connectivity index (χ1) is 17.9. The number of ether oxygens (including phenoxy) is 3. The Morgan fingerprint density at radius 3 is 1.89 bits per heavy atom. The quantitative estimate of drug-likeness (QED) is 0.152. The smallest absolute Gasteiger partial charge is 0.364 e. The van der Waals surface area contributed by atoms with Crippen LogP contribution in [0.15, 0.2) is 18.2 Å². The highest BCUT2D eigenvalue weighted by molar-refractivity contribution is 5.82. The van der Waals surface area contributed by atoms with Crippen molar-refractivity contribution in [3.63, 3.8) is 0 Å². The summed E-state index contributed by atoms with van der Waals surface area (Å²) in [5, 5.41) is 13.1. The third kappa shape index (κ3) is 10.1. The number of benzene rings is 1. The van der Waals surface area contributed by atoms with Gasteiger partial charge in [0, 0.05) is 18.9 Å². The van der Waals surface area contributed by atoms with Gasteiger partial charge in [-0.05, 0) is 50.3 Å². The zero-order chi connectivity index (χ0) is 28.9. The molecule has 0 aliphatic carbocycles. The molecule has 9 heteroatoms. The second-order valence-corrected chi connectivity index (χ2v) is 9.99. The minimum absolute atomic E-state index is 0.00946. The molecule has 1 aromatic carbocycles. The zero-order valence-corrected chi connectivity index (χ0v) is 23.9. The number of aliphatic carboxylic acids is 1. The molecule has 0 bridgehead atoms. The number of hydrogen-bond acceptors (Lipinski definition) is 8. The largest absolute Gasteiger partial charge is 0.477 e. The highest BCUT2D eigenvalue weighted by Gasteiger charge is 2.44. The van der Waals surface area contributed by atoms with Gasteiger partial charge in [-0.15, -0.1) is 0 Å². The Labute approximate surface area is 226 Å². The Balaban J connectivity index is 3.48. The van der Waals surface area contributed by atoms with E-state index in [2.05, 4.69) is 5.32 Å². The van der Waals surface area contributed by atoms with Crippen LogP contribution in [0.3, 0.4) is 0 Å². The van der Waals surface area contributed by atoms with E-state index < -0.39 is 29.6 Å². The number of carbonyl (C=O) groups is 4. The molecule has 9 nitrogen and oxygen atoms in total. The van der Waals surface area contributed by atoms with E-state index in [1.165, 1.54) is 12.1 Å². The fourth-order valence-electron chi connectivity index (χ4n) is 3.88. The predicted octanol–water partition coefficient (Wildman–Crippen LogP) is 5.42. The Hall–Kier alpha value is -2.94. The first-order valence-electron chi connectivity index (χ1n) is 13.7. The van der Waals surface area contributed by atoms with Gasteiger partial charge in [-0.3, -0.25) is 19.7 Å². The molecule has 2 N–H and O–H groups in total. The van der Waals surface area contributed by atoms with Crippen molar-refractivity contribution in [1.82, 2.24) is 5.32 Å². The van der Waals surface area contributed by atoms with Crippen molar-refractivity contribution >= 4 is 23.9 Å². The summed E-state index contributed by atoms with van der Waals surface area (Å²) >= 11 is 0. The van der Waals surface area contributed by atoms with Crippen molar-refractivity contribution in [2.45, 2.75) is 112 Å². The van der Waals surface area contributed by atoms with Crippen LogP contribution in [0.1, 0.15) is 99.0 Å². The van der Waals surface area contributed by atoms with Crippen molar-refractivity contribution in [3.05, 3.63) is 23.8 Å². The van der Waals surface area contributed by atoms with Crippen LogP contribution in [0.4, 0.5) is 0 Å². The van der Waals surface area contributed by atoms with Crippen LogP contribution in [0, 0.1) is 11.8 Å². The molecule has 1 aromatic rings. The van der Waals surface area contributed by atoms with Crippen LogP contribution in [0.5, 0.6) is 11.5 Å². The Kier molecular flexibility index (Phi) is 14.0. The summed E-state index contributed by atoms with van der Waals surface area (Å²) in [4.78, 5) is 50.3. The van der Waals surface area contributed by atoms with Gasteiger partial charge in [0.1, 0.15) is 0 Å². The molecule has 214 valence electrons. The molecule has 0 amide bonds. The van der Waals surface area contributed by atoms with Gasteiger partial charge in [0.05, 0.1) is 11.8 Å². The zero-order valence-electron chi connectivity index (χ0n) is 23.9. The number of esters is 3. The fraction of sp³-hybridized carbons (Fsp3) is 0.655. The third-order valence-corrected chi connectivity index (χ3v) is 6.31. The number of carboxylic acids is 1. The lowest BCUT2D eigenvalue weighted by atomic mass is 9.99. The van der Waals surface area contributed by atoms with Gasteiger partial charge < -0.3 is 19.3 Å². The Bertz CT molecular complexity index is 947. The van der Waals surface area contributed by atoms with E-state index in [-0.39, 0.29) is 42.2 Å². The average Bonchev–Trinajstić information content (AvgIpc) is 2.85. The number of hydrogen-bond donors (Lipinski definition) is 2. The van der Waals surface area contributed by atoms with Crippen molar-refractivity contribution in [1.29, 1.82) is 0 Å². The van der Waals surface area contributed by atoms with E-state index in [1.807, 2.05) is 20.8 Å². The van der Waals surface area contributed by atoms with E-state index in [9.17, 15) is 24.3 Å². The summed E-state index contributed by atoms with van der Waals surface area (Å²) in [5.74, 6) is -3.58. The fourth-order valence-corrected chi connectivity index (χ4v) is 3.88.